The molecule has 1 aromatic heterocycles. The van der Waals surface area contributed by atoms with Crippen molar-refractivity contribution in [2.45, 2.75) is 25.8 Å². The second kappa shape index (κ2) is 6.33. The molecule has 0 fully saturated rings. The van der Waals surface area contributed by atoms with Crippen LogP contribution in [0.15, 0.2) is 6.33 Å². The summed E-state index contributed by atoms with van der Waals surface area (Å²) in [5.41, 5.74) is 3.33. The van der Waals surface area contributed by atoms with Gasteiger partial charge in [0.05, 0.1) is 19.3 Å². The van der Waals surface area contributed by atoms with E-state index in [0.717, 1.165) is 5.56 Å². The molecule has 0 aliphatic heterocycles. The van der Waals surface area contributed by atoms with E-state index in [-0.39, 0.29) is 19.1 Å². The summed E-state index contributed by atoms with van der Waals surface area (Å²) < 4.78 is 0. The van der Waals surface area contributed by atoms with E-state index in [1.807, 2.05) is 13.8 Å². The van der Waals surface area contributed by atoms with Gasteiger partial charge in [0.2, 0.25) is 0 Å². The summed E-state index contributed by atoms with van der Waals surface area (Å²) in [5.74, 6) is 6.64. The average molecular weight is 241 g/mol. The molecule has 0 unspecified atom stereocenters. The van der Waals surface area contributed by atoms with Crippen LogP contribution in [0, 0.1) is 0 Å². The number of nitrogen functional groups attached to an aromatic ring is 1. The van der Waals surface area contributed by atoms with Gasteiger partial charge in [0.1, 0.15) is 18.0 Å². The quantitative estimate of drug-likeness (QED) is 0.341. The summed E-state index contributed by atoms with van der Waals surface area (Å²) in [6.45, 7) is 3.61. The smallest absolute Gasteiger partial charge is 0.148 e. The molecule has 0 saturated carbocycles. The minimum Gasteiger partial charge on any atom is -0.394 e. The van der Waals surface area contributed by atoms with E-state index in [1.54, 1.807) is 0 Å². The first-order chi connectivity index (χ1) is 8.13. The summed E-state index contributed by atoms with van der Waals surface area (Å²) >= 11 is 0. The molecule has 0 aromatic carbocycles. The van der Waals surface area contributed by atoms with E-state index in [1.165, 1.54) is 6.33 Å². The number of aliphatic hydroxyl groups is 2. The second-order valence-electron chi connectivity index (χ2n) is 3.99. The van der Waals surface area contributed by atoms with Crippen LogP contribution in [0.2, 0.25) is 0 Å². The molecule has 6 N–H and O–H groups in total. The molecule has 0 atom stereocenters. The standard InChI is InChI=1S/C10H19N5O2/c1-6(2)8-9(14-7(3-16)4-17)12-5-13-10(8)15-11/h5-7,16-17H,3-4,11H2,1-2H3,(H2,12,13,14,15). The van der Waals surface area contributed by atoms with Gasteiger partial charge in [-0.3, -0.25) is 0 Å². The van der Waals surface area contributed by atoms with Crippen LogP contribution in [0.1, 0.15) is 25.3 Å². The first kappa shape index (κ1) is 13.6. The molecule has 0 aliphatic rings. The lowest BCUT2D eigenvalue weighted by Crippen LogP contribution is -2.29. The van der Waals surface area contributed by atoms with Crippen molar-refractivity contribution in [3.05, 3.63) is 11.9 Å². The molecule has 0 bridgehead atoms. The molecular formula is C10H19N5O2. The third-order valence-electron chi connectivity index (χ3n) is 2.38. The van der Waals surface area contributed by atoms with Gasteiger partial charge in [-0.1, -0.05) is 13.8 Å². The highest BCUT2D eigenvalue weighted by Crippen LogP contribution is 2.27. The fraction of sp³-hybridized carbons (Fsp3) is 0.600. The Morgan fingerprint density at radius 2 is 1.82 bits per heavy atom. The molecule has 0 saturated heterocycles. The van der Waals surface area contributed by atoms with Crippen molar-refractivity contribution >= 4 is 11.6 Å². The second-order valence-corrected chi connectivity index (χ2v) is 3.99. The molecule has 1 aromatic rings. The lowest BCUT2D eigenvalue weighted by atomic mass is 10.0. The third-order valence-corrected chi connectivity index (χ3v) is 2.38. The Labute approximate surface area is 100 Å². The van der Waals surface area contributed by atoms with Crippen LogP contribution in [0.25, 0.3) is 0 Å². The molecule has 1 heterocycles. The van der Waals surface area contributed by atoms with Gasteiger partial charge in [-0.15, -0.1) is 0 Å². The Balaban J connectivity index is 3.05. The van der Waals surface area contributed by atoms with Crippen LogP contribution in [-0.2, 0) is 0 Å². The Bertz CT molecular complexity index is 355. The zero-order valence-electron chi connectivity index (χ0n) is 10.0. The van der Waals surface area contributed by atoms with Gasteiger partial charge < -0.3 is 21.0 Å². The highest BCUT2D eigenvalue weighted by atomic mass is 16.3. The third kappa shape index (κ3) is 3.26. The van der Waals surface area contributed by atoms with Crippen molar-refractivity contribution in [3.63, 3.8) is 0 Å². The number of aliphatic hydroxyl groups excluding tert-OH is 2. The highest BCUT2D eigenvalue weighted by Gasteiger charge is 2.16. The van der Waals surface area contributed by atoms with Crippen LogP contribution in [0.4, 0.5) is 11.6 Å². The van der Waals surface area contributed by atoms with Crippen molar-refractivity contribution in [1.29, 1.82) is 0 Å². The fourth-order valence-electron chi connectivity index (χ4n) is 1.51. The van der Waals surface area contributed by atoms with E-state index >= 15 is 0 Å². The first-order valence-corrected chi connectivity index (χ1v) is 5.43. The molecule has 0 radical (unpaired) electrons. The summed E-state index contributed by atoms with van der Waals surface area (Å²) in [6, 6.07) is -0.451. The van der Waals surface area contributed by atoms with Crippen molar-refractivity contribution < 1.29 is 10.2 Å². The maximum absolute atomic E-state index is 9.04. The summed E-state index contributed by atoms with van der Waals surface area (Å²) in [4.78, 5) is 8.13. The van der Waals surface area contributed by atoms with Gasteiger partial charge in [-0.25, -0.2) is 15.8 Å². The Kier molecular flexibility index (Phi) is 5.08. The van der Waals surface area contributed by atoms with Crippen LogP contribution in [-0.4, -0.2) is 39.4 Å². The van der Waals surface area contributed by atoms with Crippen LogP contribution < -0.4 is 16.6 Å². The lowest BCUT2D eigenvalue weighted by Gasteiger charge is -2.20. The molecule has 0 spiro atoms. The molecule has 7 heteroatoms. The van der Waals surface area contributed by atoms with Crippen molar-refractivity contribution in [2.24, 2.45) is 5.84 Å². The molecule has 96 valence electrons. The molecule has 1 rings (SSSR count). The van der Waals surface area contributed by atoms with Crippen molar-refractivity contribution in [3.8, 4) is 0 Å². The predicted molar refractivity (Wildman–Crippen MR) is 65.5 cm³/mol. The number of nitrogens with two attached hydrogens (primary N) is 1. The highest BCUT2D eigenvalue weighted by molar-refractivity contribution is 5.58. The number of hydrazine groups is 1. The summed E-state index contributed by atoms with van der Waals surface area (Å²) in [5, 5.41) is 21.0. The van der Waals surface area contributed by atoms with E-state index in [9.17, 15) is 0 Å². The average Bonchev–Trinajstić information content (AvgIpc) is 2.34. The van der Waals surface area contributed by atoms with Crippen molar-refractivity contribution in [1.82, 2.24) is 9.97 Å². The number of nitrogens with zero attached hydrogens (tertiary/aromatic N) is 2. The first-order valence-electron chi connectivity index (χ1n) is 5.43. The minimum atomic E-state index is -0.451. The SMILES string of the molecule is CC(C)c1c(NN)ncnc1NC(CO)CO. The molecule has 0 amide bonds. The van der Waals surface area contributed by atoms with E-state index in [0.29, 0.717) is 11.6 Å². The zero-order chi connectivity index (χ0) is 12.8. The maximum Gasteiger partial charge on any atom is 0.148 e. The van der Waals surface area contributed by atoms with Crippen LogP contribution >= 0.6 is 0 Å². The van der Waals surface area contributed by atoms with Crippen LogP contribution in [0.5, 0.6) is 0 Å². The molecular weight excluding hydrogens is 222 g/mol. The number of nitrogens with one attached hydrogen (secondary N) is 2. The van der Waals surface area contributed by atoms with Gasteiger partial charge in [0.15, 0.2) is 0 Å². The summed E-state index contributed by atoms with van der Waals surface area (Å²) in [7, 11) is 0. The number of hydrogen-bond donors (Lipinski definition) is 5. The number of anilines is 2. The maximum atomic E-state index is 9.04. The number of rotatable bonds is 6. The molecule has 0 aliphatic carbocycles. The fourth-order valence-corrected chi connectivity index (χ4v) is 1.51. The Morgan fingerprint density at radius 1 is 1.24 bits per heavy atom. The molecule has 17 heavy (non-hydrogen) atoms. The number of hydrogen-bond acceptors (Lipinski definition) is 7. The Hall–Kier alpha value is -1.44. The van der Waals surface area contributed by atoms with Crippen LogP contribution in [0.3, 0.4) is 0 Å². The normalized spacial score (nSPS) is 11.0. The van der Waals surface area contributed by atoms with E-state index in [4.69, 9.17) is 16.1 Å². The van der Waals surface area contributed by atoms with Gasteiger partial charge in [-0.05, 0) is 5.92 Å². The van der Waals surface area contributed by atoms with Gasteiger partial charge in [-0.2, -0.15) is 0 Å². The van der Waals surface area contributed by atoms with E-state index in [2.05, 4.69) is 20.7 Å². The molecule has 7 nitrogen and oxygen atoms in total. The topological polar surface area (TPSA) is 116 Å². The predicted octanol–water partition coefficient (Wildman–Crippen LogP) is -0.349. The van der Waals surface area contributed by atoms with E-state index < -0.39 is 6.04 Å². The van der Waals surface area contributed by atoms with Gasteiger partial charge in [0.25, 0.3) is 0 Å². The summed E-state index contributed by atoms with van der Waals surface area (Å²) in [6.07, 6.45) is 1.37. The number of aromatic nitrogens is 2. The van der Waals surface area contributed by atoms with Crippen molar-refractivity contribution in [2.75, 3.05) is 24.0 Å². The largest absolute Gasteiger partial charge is 0.394 e. The van der Waals surface area contributed by atoms with Gasteiger partial charge in [0, 0.05) is 5.56 Å². The lowest BCUT2D eigenvalue weighted by molar-refractivity contribution is 0.203. The monoisotopic (exact) mass is 241 g/mol. The Morgan fingerprint density at radius 3 is 2.29 bits per heavy atom. The minimum absolute atomic E-state index is 0.155. The van der Waals surface area contributed by atoms with Gasteiger partial charge >= 0.3 is 0 Å². The zero-order valence-corrected chi connectivity index (χ0v) is 10.0.